The maximum Gasteiger partial charge on any atom is 0.255 e. The van der Waals surface area contributed by atoms with Crippen LogP contribution in [0.3, 0.4) is 0 Å². The summed E-state index contributed by atoms with van der Waals surface area (Å²) in [5.41, 5.74) is 2.47. The van der Waals surface area contributed by atoms with Crippen LogP contribution in [0, 0.1) is 13.8 Å². The molecule has 0 saturated carbocycles. The van der Waals surface area contributed by atoms with Crippen LogP contribution in [0.1, 0.15) is 47.9 Å². The molecule has 1 amide bonds. The van der Waals surface area contributed by atoms with Gasteiger partial charge in [-0.05, 0) is 75.6 Å². The number of amides is 1. The van der Waals surface area contributed by atoms with Crippen molar-refractivity contribution >= 4 is 21.6 Å². The van der Waals surface area contributed by atoms with Gasteiger partial charge in [-0.25, -0.2) is 13.4 Å². The first-order valence-corrected chi connectivity index (χ1v) is 12.1. The van der Waals surface area contributed by atoms with Crippen LogP contribution in [0.25, 0.3) is 11.4 Å². The first-order chi connectivity index (χ1) is 15.3. The first kappa shape index (κ1) is 22.2. The Bertz CT molecular complexity index is 1230. The highest BCUT2D eigenvalue weighted by Gasteiger charge is 2.31. The molecular weight excluding hydrogens is 426 g/mol. The van der Waals surface area contributed by atoms with Crippen molar-refractivity contribution in [3.05, 3.63) is 59.4 Å². The lowest BCUT2D eigenvalue weighted by molar-refractivity contribution is 0.102. The number of aryl methyl sites for hydroxylation is 2. The van der Waals surface area contributed by atoms with Gasteiger partial charge in [0.05, 0.1) is 4.90 Å². The normalized spacial score (nSPS) is 17.3. The number of aromatic amines is 1. The number of carbonyl (C=O) groups is 1. The van der Waals surface area contributed by atoms with E-state index in [1.807, 2.05) is 26.0 Å². The van der Waals surface area contributed by atoms with E-state index in [0.717, 1.165) is 30.7 Å². The molecule has 9 heteroatoms. The summed E-state index contributed by atoms with van der Waals surface area (Å²) in [4.78, 5) is 17.4. The smallest absolute Gasteiger partial charge is 0.255 e. The van der Waals surface area contributed by atoms with Crippen molar-refractivity contribution in [2.24, 2.45) is 0 Å². The summed E-state index contributed by atoms with van der Waals surface area (Å²) in [6.07, 6.45) is 2.73. The fourth-order valence-electron chi connectivity index (χ4n) is 3.94. The molecule has 0 radical (unpaired) electrons. The van der Waals surface area contributed by atoms with Gasteiger partial charge in [-0.15, -0.1) is 0 Å². The molecule has 0 aliphatic carbocycles. The molecule has 2 aromatic carbocycles. The molecule has 1 saturated heterocycles. The first-order valence-electron chi connectivity index (χ1n) is 10.7. The van der Waals surface area contributed by atoms with E-state index in [9.17, 15) is 13.2 Å². The van der Waals surface area contributed by atoms with E-state index in [1.165, 1.54) is 6.07 Å². The van der Waals surface area contributed by atoms with Gasteiger partial charge in [-0.1, -0.05) is 12.5 Å². The molecular formula is C23H27N5O3S. The Kier molecular flexibility index (Phi) is 6.12. The van der Waals surface area contributed by atoms with E-state index in [-0.39, 0.29) is 16.8 Å². The summed E-state index contributed by atoms with van der Waals surface area (Å²) in [7, 11) is -3.65. The number of hydrogen-bond acceptors (Lipinski definition) is 5. The molecule has 0 spiro atoms. The van der Waals surface area contributed by atoms with Crippen LogP contribution < -0.4 is 5.32 Å². The van der Waals surface area contributed by atoms with Gasteiger partial charge in [0.25, 0.3) is 5.91 Å². The summed E-state index contributed by atoms with van der Waals surface area (Å²) in [5.74, 6) is 0.954. The van der Waals surface area contributed by atoms with Crippen molar-refractivity contribution in [2.45, 2.75) is 51.0 Å². The van der Waals surface area contributed by atoms with E-state index >= 15 is 0 Å². The van der Waals surface area contributed by atoms with Gasteiger partial charge >= 0.3 is 0 Å². The molecule has 8 nitrogen and oxygen atoms in total. The third-order valence-electron chi connectivity index (χ3n) is 5.80. The second kappa shape index (κ2) is 8.84. The van der Waals surface area contributed by atoms with E-state index in [0.29, 0.717) is 29.2 Å². The number of aromatic nitrogens is 3. The molecule has 168 valence electrons. The minimum atomic E-state index is -3.65. The third-order valence-corrected chi connectivity index (χ3v) is 7.81. The lowest BCUT2D eigenvalue weighted by atomic mass is 10.1. The van der Waals surface area contributed by atoms with Crippen LogP contribution in [-0.2, 0) is 10.0 Å². The van der Waals surface area contributed by atoms with Crippen LogP contribution in [0.4, 0.5) is 5.69 Å². The topological polar surface area (TPSA) is 108 Å². The summed E-state index contributed by atoms with van der Waals surface area (Å²) in [6, 6.07) is 11.9. The number of nitrogens with one attached hydrogen (secondary N) is 2. The molecule has 4 rings (SSSR count). The summed E-state index contributed by atoms with van der Waals surface area (Å²) >= 11 is 0. The third kappa shape index (κ3) is 4.44. The molecule has 1 fully saturated rings. The fraction of sp³-hybridized carbons (Fsp3) is 0.348. The summed E-state index contributed by atoms with van der Waals surface area (Å²) < 4.78 is 27.9. The standard InChI is InChI=1S/C23H27N5O3S/c1-15-7-12-20(32(30,31)28-13-5-4-6-16(28)2)14-21(15)23(29)25-19-10-8-18(9-11-19)22-24-17(3)26-27-22/h7-12,14,16H,4-6,13H2,1-3H3,(H,25,29)(H,24,26,27)/t16-/m0/s1. The number of H-pyrrole nitrogens is 1. The van der Waals surface area contributed by atoms with Crippen molar-refractivity contribution in [1.82, 2.24) is 19.5 Å². The van der Waals surface area contributed by atoms with Gasteiger partial charge < -0.3 is 5.32 Å². The molecule has 1 atom stereocenters. The van der Waals surface area contributed by atoms with Crippen LogP contribution in [0.5, 0.6) is 0 Å². The van der Waals surface area contributed by atoms with Crippen molar-refractivity contribution in [2.75, 3.05) is 11.9 Å². The Hall–Kier alpha value is -3.04. The highest BCUT2D eigenvalue weighted by atomic mass is 32.2. The molecule has 1 aromatic heterocycles. The number of hydrogen-bond donors (Lipinski definition) is 2. The van der Waals surface area contributed by atoms with Gasteiger partial charge in [-0.3, -0.25) is 9.89 Å². The molecule has 0 bridgehead atoms. The minimum absolute atomic E-state index is 0.0429. The number of anilines is 1. The molecule has 3 aromatic rings. The van der Waals surface area contributed by atoms with Crippen LogP contribution in [0.15, 0.2) is 47.4 Å². The predicted octanol–water partition coefficient (Wildman–Crippen LogP) is 3.90. The van der Waals surface area contributed by atoms with E-state index in [1.54, 1.807) is 35.5 Å². The Labute approximate surface area is 188 Å². The zero-order chi connectivity index (χ0) is 22.9. The number of benzene rings is 2. The van der Waals surface area contributed by atoms with Crippen molar-refractivity contribution in [1.29, 1.82) is 0 Å². The average molecular weight is 454 g/mol. The number of carbonyl (C=O) groups excluding carboxylic acids is 1. The quantitative estimate of drug-likeness (QED) is 0.609. The van der Waals surface area contributed by atoms with Gasteiger partial charge in [0, 0.05) is 29.4 Å². The van der Waals surface area contributed by atoms with E-state index in [4.69, 9.17) is 0 Å². The van der Waals surface area contributed by atoms with Gasteiger partial charge in [-0.2, -0.15) is 9.40 Å². The summed E-state index contributed by atoms with van der Waals surface area (Å²) in [5, 5.41) is 9.78. The average Bonchev–Trinajstić information content (AvgIpc) is 3.21. The second-order valence-electron chi connectivity index (χ2n) is 8.21. The van der Waals surface area contributed by atoms with Crippen LogP contribution in [0.2, 0.25) is 0 Å². The van der Waals surface area contributed by atoms with Gasteiger partial charge in [0.1, 0.15) is 5.82 Å². The van der Waals surface area contributed by atoms with E-state index < -0.39 is 10.0 Å². The van der Waals surface area contributed by atoms with Crippen molar-refractivity contribution < 1.29 is 13.2 Å². The minimum Gasteiger partial charge on any atom is -0.322 e. The largest absolute Gasteiger partial charge is 0.322 e. The Morgan fingerprint density at radius 1 is 1.12 bits per heavy atom. The molecule has 2 heterocycles. The molecule has 2 N–H and O–H groups in total. The lowest BCUT2D eigenvalue weighted by Crippen LogP contribution is -2.42. The Balaban J connectivity index is 1.55. The molecule has 1 aliphatic rings. The van der Waals surface area contributed by atoms with Crippen molar-refractivity contribution in [3.63, 3.8) is 0 Å². The zero-order valence-corrected chi connectivity index (χ0v) is 19.2. The molecule has 0 unspecified atom stereocenters. The van der Waals surface area contributed by atoms with Gasteiger partial charge in [0.2, 0.25) is 10.0 Å². The lowest BCUT2D eigenvalue weighted by Gasteiger charge is -2.32. The van der Waals surface area contributed by atoms with Gasteiger partial charge in [0.15, 0.2) is 5.82 Å². The Morgan fingerprint density at radius 2 is 1.88 bits per heavy atom. The number of sulfonamides is 1. The van der Waals surface area contributed by atoms with Crippen LogP contribution >= 0.6 is 0 Å². The molecule has 1 aliphatic heterocycles. The molecule has 32 heavy (non-hydrogen) atoms. The highest BCUT2D eigenvalue weighted by Crippen LogP contribution is 2.27. The number of nitrogens with zero attached hydrogens (tertiary/aromatic N) is 3. The van der Waals surface area contributed by atoms with Crippen molar-refractivity contribution in [3.8, 4) is 11.4 Å². The zero-order valence-electron chi connectivity index (χ0n) is 18.4. The van der Waals surface area contributed by atoms with E-state index in [2.05, 4.69) is 20.5 Å². The van der Waals surface area contributed by atoms with Crippen LogP contribution in [-0.4, -0.2) is 46.4 Å². The number of rotatable bonds is 5. The second-order valence-corrected chi connectivity index (χ2v) is 10.1. The predicted molar refractivity (Wildman–Crippen MR) is 123 cm³/mol. The number of piperidine rings is 1. The highest BCUT2D eigenvalue weighted by molar-refractivity contribution is 7.89. The fourth-order valence-corrected chi connectivity index (χ4v) is 5.67. The Morgan fingerprint density at radius 3 is 2.53 bits per heavy atom. The monoisotopic (exact) mass is 453 g/mol. The maximum atomic E-state index is 13.2. The maximum absolute atomic E-state index is 13.2. The SMILES string of the molecule is Cc1nc(-c2ccc(NC(=O)c3cc(S(=O)(=O)N4CCCC[C@@H]4C)ccc3C)cc2)n[nH]1. The summed E-state index contributed by atoms with van der Waals surface area (Å²) in [6.45, 7) is 6.06.